The van der Waals surface area contributed by atoms with Crippen molar-refractivity contribution < 1.29 is 9.21 Å². The molecule has 0 amide bonds. The molecule has 2 aromatic heterocycles. The van der Waals surface area contributed by atoms with E-state index >= 15 is 0 Å². The number of allylic oxidation sites excluding steroid dienone is 1. The number of hydrogen-bond acceptors (Lipinski definition) is 4. The molecule has 0 bridgehead atoms. The van der Waals surface area contributed by atoms with E-state index in [1.165, 1.54) is 6.08 Å². The van der Waals surface area contributed by atoms with Crippen molar-refractivity contribution in [3.63, 3.8) is 0 Å². The van der Waals surface area contributed by atoms with Crippen LogP contribution >= 0.6 is 0 Å². The third-order valence-corrected chi connectivity index (χ3v) is 3.59. The lowest BCUT2D eigenvalue weighted by atomic mass is 10.1. The minimum atomic E-state index is -0.628. The second kappa shape index (κ2) is 5.44. The number of hydrogen-bond donors (Lipinski definition) is 0. The van der Waals surface area contributed by atoms with Crippen LogP contribution in [-0.2, 0) is 7.05 Å². The lowest BCUT2D eigenvalue weighted by molar-refractivity contribution is 0.104. The maximum absolute atomic E-state index is 12.2. The van der Waals surface area contributed by atoms with Crippen molar-refractivity contribution >= 4 is 22.8 Å². The summed E-state index contributed by atoms with van der Waals surface area (Å²) in [5.74, 6) is -0.386. The summed E-state index contributed by atoms with van der Waals surface area (Å²) in [6.45, 7) is 1.90. The van der Waals surface area contributed by atoms with Gasteiger partial charge in [0.05, 0.1) is 6.20 Å². The number of carbonyl (C=O) groups excluding carboxylic acids is 1. The molecular weight excluding hydrogens is 280 g/mol. The second-order valence-electron chi connectivity index (χ2n) is 4.99. The van der Waals surface area contributed by atoms with Crippen molar-refractivity contribution in [2.45, 2.75) is 6.92 Å². The zero-order valence-electron chi connectivity index (χ0n) is 12.2. The van der Waals surface area contributed by atoms with Gasteiger partial charge in [0.15, 0.2) is 5.78 Å². The maximum Gasteiger partial charge on any atom is 0.347 e. The van der Waals surface area contributed by atoms with E-state index in [-0.39, 0.29) is 11.3 Å². The Morgan fingerprint density at radius 3 is 2.82 bits per heavy atom. The van der Waals surface area contributed by atoms with E-state index in [0.29, 0.717) is 5.58 Å². The van der Waals surface area contributed by atoms with Gasteiger partial charge in [0.1, 0.15) is 11.1 Å². The van der Waals surface area contributed by atoms with E-state index in [1.54, 1.807) is 41.2 Å². The number of nitrogens with zero attached hydrogens (tertiary/aromatic N) is 2. The minimum Gasteiger partial charge on any atom is -0.422 e. The first-order valence-corrected chi connectivity index (χ1v) is 6.80. The summed E-state index contributed by atoms with van der Waals surface area (Å²) >= 11 is 0. The first kappa shape index (κ1) is 14.0. The Labute approximate surface area is 126 Å². The van der Waals surface area contributed by atoms with Crippen molar-refractivity contribution in [2.24, 2.45) is 7.05 Å². The predicted molar refractivity (Wildman–Crippen MR) is 83.8 cm³/mol. The molecule has 5 heteroatoms. The molecule has 3 rings (SSSR count). The number of para-hydroxylation sites is 1. The summed E-state index contributed by atoms with van der Waals surface area (Å²) in [6.07, 6.45) is 4.69. The number of rotatable bonds is 3. The molecule has 110 valence electrons. The van der Waals surface area contributed by atoms with Gasteiger partial charge < -0.3 is 4.42 Å². The largest absolute Gasteiger partial charge is 0.422 e. The van der Waals surface area contributed by atoms with E-state index in [9.17, 15) is 9.59 Å². The molecule has 0 radical (unpaired) electrons. The molecule has 0 saturated carbocycles. The first-order chi connectivity index (χ1) is 10.6. The Kier molecular flexibility index (Phi) is 3.47. The van der Waals surface area contributed by atoms with E-state index in [0.717, 1.165) is 16.6 Å². The average Bonchev–Trinajstić information content (AvgIpc) is 2.83. The van der Waals surface area contributed by atoms with Gasteiger partial charge in [0.2, 0.25) is 0 Å². The van der Waals surface area contributed by atoms with Gasteiger partial charge in [-0.2, -0.15) is 5.10 Å². The molecule has 5 nitrogen and oxygen atoms in total. The van der Waals surface area contributed by atoms with Gasteiger partial charge in [-0.05, 0) is 31.2 Å². The molecule has 22 heavy (non-hydrogen) atoms. The van der Waals surface area contributed by atoms with Crippen molar-refractivity contribution in [1.29, 1.82) is 0 Å². The molecule has 0 atom stereocenters. The predicted octanol–water partition coefficient (Wildman–Crippen LogP) is 2.73. The summed E-state index contributed by atoms with van der Waals surface area (Å²) < 4.78 is 6.88. The zero-order valence-corrected chi connectivity index (χ0v) is 12.2. The zero-order chi connectivity index (χ0) is 15.7. The Balaban J connectivity index is 1.97. The Bertz CT molecular complexity index is 948. The fraction of sp³-hybridized carbons (Fsp3) is 0.118. The summed E-state index contributed by atoms with van der Waals surface area (Å²) in [4.78, 5) is 24.1. The van der Waals surface area contributed by atoms with Crippen LogP contribution in [0.25, 0.3) is 17.0 Å². The normalized spacial score (nSPS) is 11.4. The van der Waals surface area contributed by atoms with Crippen LogP contribution in [0.2, 0.25) is 0 Å². The number of aryl methyl sites for hydroxylation is 1. The van der Waals surface area contributed by atoms with Crippen LogP contribution in [0.5, 0.6) is 0 Å². The number of ketones is 1. The molecule has 0 aliphatic rings. The molecule has 0 aliphatic carbocycles. The fourth-order valence-corrected chi connectivity index (χ4v) is 2.17. The van der Waals surface area contributed by atoms with Crippen LogP contribution < -0.4 is 5.63 Å². The number of fused-ring (bicyclic) bond motifs is 1. The lowest BCUT2D eigenvalue weighted by Crippen LogP contribution is -2.11. The summed E-state index contributed by atoms with van der Waals surface area (Å²) in [5, 5.41) is 4.82. The van der Waals surface area contributed by atoms with E-state index in [4.69, 9.17) is 4.42 Å². The SMILES string of the molecule is Cc1c(C=CC(=O)c2cc3ccccc3oc2=O)cnn1C. The molecule has 3 aromatic rings. The standard InChI is InChI=1S/C17H14N2O3/c1-11-13(10-18-19(11)2)7-8-15(20)14-9-12-5-3-4-6-16(12)22-17(14)21/h3-10H,1-2H3. The second-order valence-corrected chi connectivity index (χ2v) is 4.99. The summed E-state index contributed by atoms with van der Waals surface area (Å²) in [6, 6.07) is 8.65. The highest BCUT2D eigenvalue weighted by Crippen LogP contribution is 2.14. The fourth-order valence-electron chi connectivity index (χ4n) is 2.17. The van der Waals surface area contributed by atoms with Gasteiger partial charge in [0, 0.05) is 23.7 Å². The highest BCUT2D eigenvalue weighted by Gasteiger charge is 2.11. The molecule has 2 heterocycles. The van der Waals surface area contributed by atoms with E-state index < -0.39 is 5.63 Å². The van der Waals surface area contributed by atoms with Crippen LogP contribution in [0.1, 0.15) is 21.6 Å². The molecule has 0 spiro atoms. The average molecular weight is 294 g/mol. The molecule has 0 aliphatic heterocycles. The third kappa shape index (κ3) is 2.48. The van der Waals surface area contributed by atoms with Crippen molar-refractivity contribution in [1.82, 2.24) is 9.78 Å². The van der Waals surface area contributed by atoms with Crippen LogP contribution in [0, 0.1) is 6.92 Å². The minimum absolute atomic E-state index is 0.0245. The Morgan fingerprint density at radius 2 is 2.09 bits per heavy atom. The molecule has 0 N–H and O–H groups in total. The quantitative estimate of drug-likeness (QED) is 0.423. The Hall–Kier alpha value is -2.95. The highest BCUT2D eigenvalue weighted by molar-refractivity contribution is 6.07. The first-order valence-electron chi connectivity index (χ1n) is 6.80. The highest BCUT2D eigenvalue weighted by atomic mass is 16.4. The van der Waals surface area contributed by atoms with Crippen LogP contribution in [0.15, 0.2) is 51.8 Å². The van der Waals surface area contributed by atoms with E-state index in [2.05, 4.69) is 5.10 Å². The summed E-state index contributed by atoms with van der Waals surface area (Å²) in [5.41, 5.74) is 1.64. The van der Waals surface area contributed by atoms with Gasteiger partial charge >= 0.3 is 5.63 Å². The van der Waals surface area contributed by atoms with Crippen molar-refractivity contribution in [2.75, 3.05) is 0 Å². The van der Waals surface area contributed by atoms with Crippen molar-refractivity contribution in [3.05, 3.63) is 69.8 Å². The van der Waals surface area contributed by atoms with Gasteiger partial charge in [-0.3, -0.25) is 9.48 Å². The van der Waals surface area contributed by atoms with Crippen LogP contribution in [0.3, 0.4) is 0 Å². The molecule has 0 saturated heterocycles. The molecule has 0 fully saturated rings. The summed E-state index contributed by atoms with van der Waals surface area (Å²) in [7, 11) is 1.83. The van der Waals surface area contributed by atoms with Crippen LogP contribution in [-0.4, -0.2) is 15.6 Å². The van der Waals surface area contributed by atoms with Crippen molar-refractivity contribution in [3.8, 4) is 0 Å². The lowest BCUT2D eigenvalue weighted by Gasteiger charge is -1.98. The topological polar surface area (TPSA) is 65.1 Å². The van der Waals surface area contributed by atoms with Gasteiger partial charge in [-0.1, -0.05) is 18.2 Å². The third-order valence-electron chi connectivity index (χ3n) is 3.59. The van der Waals surface area contributed by atoms with E-state index in [1.807, 2.05) is 20.0 Å². The van der Waals surface area contributed by atoms with Gasteiger partial charge in [-0.25, -0.2) is 4.79 Å². The van der Waals surface area contributed by atoms with Gasteiger partial charge in [-0.15, -0.1) is 0 Å². The number of aromatic nitrogens is 2. The smallest absolute Gasteiger partial charge is 0.347 e. The molecule has 1 aromatic carbocycles. The monoisotopic (exact) mass is 294 g/mol. The Morgan fingerprint density at radius 1 is 1.32 bits per heavy atom. The molecular formula is C17H14N2O3. The maximum atomic E-state index is 12.2. The number of benzene rings is 1. The molecule has 0 unspecified atom stereocenters. The number of carbonyl (C=O) groups is 1. The van der Waals surface area contributed by atoms with Gasteiger partial charge in [0.25, 0.3) is 0 Å². The van der Waals surface area contributed by atoms with Crippen LogP contribution in [0.4, 0.5) is 0 Å².